The Kier molecular flexibility index (Phi) is 4.00. The molecule has 1 heterocycles. The Morgan fingerprint density at radius 2 is 1.78 bits per heavy atom. The summed E-state index contributed by atoms with van der Waals surface area (Å²) in [6.45, 7) is 0. The van der Waals surface area contributed by atoms with Gasteiger partial charge in [0.1, 0.15) is 12.0 Å². The Morgan fingerprint density at radius 3 is 2.43 bits per heavy atom. The molecule has 0 aliphatic carbocycles. The standard InChI is InChI=1S/C16H10ClF3N2O/c17-12-3-1-2-10(8-12)14-9-23-15(22-14)21-13-6-4-11(5-7-13)16(18,19)20/h1-9H,(H,21,22). The highest BCUT2D eigenvalue weighted by molar-refractivity contribution is 6.30. The Labute approximate surface area is 134 Å². The van der Waals surface area contributed by atoms with Crippen molar-refractivity contribution in [1.29, 1.82) is 0 Å². The maximum Gasteiger partial charge on any atom is 0.416 e. The van der Waals surface area contributed by atoms with E-state index in [0.717, 1.165) is 17.7 Å². The van der Waals surface area contributed by atoms with Crippen LogP contribution in [-0.2, 0) is 6.18 Å². The first-order valence-corrected chi connectivity index (χ1v) is 6.95. The van der Waals surface area contributed by atoms with Gasteiger partial charge >= 0.3 is 6.18 Å². The van der Waals surface area contributed by atoms with Crippen molar-refractivity contribution in [2.24, 2.45) is 0 Å². The van der Waals surface area contributed by atoms with E-state index in [1.807, 2.05) is 6.07 Å². The van der Waals surface area contributed by atoms with Crippen LogP contribution in [0.2, 0.25) is 5.02 Å². The minimum Gasteiger partial charge on any atom is -0.431 e. The van der Waals surface area contributed by atoms with Gasteiger partial charge in [0, 0.05) is 16.3 Å². The third-order valence-corrected chi connectivity index (χ3v) is 3.32. The maximum absolute atomic E-state index is 12.5. The fourth-order valence-corrected chi connectivity index (χ4v) is 2.17. The second-order valence-electron chi connectivity index (χ2n) is 4.75. The van der Waals surface area contributed by atoms with Crippen LogP contribution in [0.25, 0.3) is 11.3 Å². The molecule has 0 aliphatic heterocycles. The van der Waals surface area contributed by atoms with E-state index in [9.17, 15) is 13.2 Å². The van der Waals surface area contributed by atoms with Crippen LogP contribution >= 0.6 is 11.6 Å². The SMILES string of the molecule is FC(F)(F)c1ccc(Nc2nc(-c3cccc(Cl)c3)co2)cc1. The summed E-state index contributed by atoms with van der Waals surface area (Å²) in [6, 6.07) is 11.9. The summed E-state index contributed by atoms with van der Waals surface area (Å²) in [5.74, 6) is 0. The number of hydrogen-bond donors (Lipinski definition) is 1. The molecular weight excluding hydrogens is 329 g/mol. The van der Waals surface area contributed by atoms with Crippen LogP contribution in [0.15, 0.2) is 59.2 Å². The lowest BCUT2D eigenvalue weighted by Gasteiger charge is -2.07. The van der Waals surface area contributed by atoms with Crippen molar-refractivity contribution < 1.29 is 17.6 Å². The van der Waals surface area contributed by atoms with Crippen LogP contribution in [0.1, 0.15) is 5.56 Å². The number of aromatic nitrogens is 1. The summed E-state index contributed by atoms with van der Waals surface area (Å²) >= 11 is 5.92. The predicted molar refractivity (Wildman–Crippen MR) is 81.7 cm³/mol. The van der Waals surface area contributed by atoms with Gasteiger partial charge in [-0.15, -0.1) is 0 Å². The van der Waals surface area contributed by atoms with Crippen LogP contribution in [-0.4, -0.2) is 4.98 Å². The van der Waals surface area contributed by atoms with E-state index in [1.165, 1.54) is 18.4 Å². The van der Waals surface area contributed by atoms with Gasteiger partial charge in [-0.25, -0.2) is 0 Å². The number of hydrogen-bond acceptors (Lipinski definition) is 3. The van der Waals surface area contributed by atoms with Crippen molar-refractivity contribution in [3.8, 4) is 11.3 Å². The molecule has 0 spiro atoms. The zero-order chi connectivity index (χ0) is 16.4. The average Bonchev–Trinajstić information content (AvgIpc) is 2.95. The summed E-state index contributed by atoms with van der Waals surface area (Å²) in [5.41, 5.74) is 1.08. The molecule has 0 unspecified atom stereocenters. The molecule has 1 N–H and O–H groups in total. The molecule has 0 saturated carbocycles. The van der Waals surface area contributed by atoms with E-state index in [1.54, 1.807) is 18.2 Å². The average molecular weight is 339 g/mol. The highest BCUT2D eigenvalue weighted by atomic mass is 35.5. The van der Waals surface area contributed by atoms with Crippen LogP contribution in [0.5, 0.6) is 0 Å². The monoisotopic (exact) mass is 338 g/mol. The zero-order valence-electron chi connectivity index (χ0n) is 11.6. The summed E-state index contributed by atoms with van der Waals surface area (Å²) in [4.78, 5) is 4.23. The van der Waals surface area contributed by atoms with Crippen LogP contribution in [0.4, 0.5) is 24.9 Å². The second kappa shape index (κ2) is 5.96. The molecule has 0 fully saturated rings. The van der Waals surface area contributed by atoms with Crippen LogP contribution in [0, 0.1) is 0 Å². The second-order valence-corrected chi connectivity index (χ2v) is 5.18. The fourth-order valence-electron chi connectivity index (χ4n) is 1.98. The molecule has 0 bridgehead atoms. The molecule has 0 aliphatic rings. The molecule has 1 aromatic heterocycles. The van der Waals surface area contributed by atoms with Gasteiger partial charge in [-0.1, -0.05) is 23.7 Å². The van der Waals surface area contributed by atoms with Gasteiger partial charge in [0.05, 0.1) is 5.56 Å². The first-order chi connectivity index (χ1) is 10.9. The lowest BCUT2D eigenvalue weighted by atomic mass is 10.2. The molecule has 23 heavy (non-hydrogen) atoms. The van der Waals surface area contributed by atoms with E-state index >= 15 is 0 Å². The zero-order valence-corrected chi connectivity index (χ0v) is 12.3. The number of nitrogens with zero attached hydrogens (tertiary/aromatic N) is 1. The van der Waals surface area contributed by atoms with E-state index in [4.69, 9.17) is 16.0 Å². The number of oxazole rings is 1. The summed E-state index contributed by atoms with van der Waals surface area (Å²) in [7, 11) is 0. The summed E-state index contributed by atoms with van der Waals surface area (Å²) < 4.78 is 42.8. The van der Waals surface area contributed by atoms with Gasteiger partial charge in [-0.3, -0.25) is 0 Å². The number of anilines is 2. The first-order valence-electron chi connectivity index (χ1n) is 6.57. The third-order valence-electron chi connectivity index (χ3n) is 3.09. The number of halogens is 4. The Hall–Kier alpha value is -2.47. The first kappa shape index (κ1) is 15.4. The molecular formula is C16H10ClF3N2O. The van der Waals surface area contributed by atoms with Crippen molar-refractivity contribution in [3.63, 3.8) is 0 Å². The molecule has 0 saturated heterocycles. The van der Waals surface area contributed by atoms with Crippen molar-refractivity contribution in [1.82, 2.24) is 4.98 Å². The number of rotatable bonds is 3. The normalized spacial score (nSPS) is 11.5. The summed E-state index contributed by atoms with van der Waals surface area (Å²) in [5, 5.41) is 3.38. The topological polar surface area (TPSA) is 38.1 Å². The minimum atomic E-state index is -4.36. The number of alkyl halides is 3. The predicted octanol–water partition coefficient (Wildman–Crippen LogP) is 5.76. The minimum absolute atomic E-state index is 0.180. The van der Waals surface area contributed by atoms with Gasteiger partial charge in [-0.05, 0) is 36.4 Å². The molecule has 0 atom stereocenters. The van der Waals surface area contributed by atoms with Crippen molar-refractivity contribution in [3.05, 3.63) is 65.4 Å². The van der Waals surface area contributed by atoms with Gasteiger partial charge in [0.25, 0.3) is 6.01 Å². The lowest BCUT2D eigenvalue weighted by Crippen LogP contribution is -2.04. The molecule has 3 nitrogen and oxygen atoms in total. The van der Waals surface area contributed by atoms with Gasteiger partial charge in [0.2, 0.25) is 0 Å². The lowest BCUT2D eigenvalue weighted by molar-refractivity contribution is -0.137. The number of nitrogens with one attached hydrogen (secondary N) is 1. The smallest absolute Gasteiger partial charge is 0.416 e. The Balaban J connectivity index is 1.77. The van der Waals surface area contributed by atoms with Crippen molar-refractivity contribution >= 4 is 23.3 Å². The van der Waals surface area contributed by atoms with E-state index in [0.29, 0.717) is 16.4 Å². The maximum atomic E-state index is 12.5. The molecule has 2 aromatic carbocycles. The molecule has 3 aromatic rings. The molecule has 118 valence electrons. The quantitative estimate of drug-likeness (QED) is 0.660. The molecule has 7 heteroatoms. The van der Waals surface area contributed by atoms with Crippen LogP contribution < -0.4 is 5.32 Å². The molecule has 0 amide bonds. The van der Waals surface area contributed by atoms with E-state index in [2.05, 4.69) is 10.3 Å². The van der Waals surface area contributed by atoms with Crippen molar-refractivity contribution in [2.75, 3.05) is 5.32 Å². The highest BCUT2D eigenvalue weighted by Crippen LogP contribution is 2.30. The van der Waals surface area contributed by atoms with Gasteiger partial charge < -0.3 is 9.73 Å². The third kappa shape index (κ3) is 3.65. The fraction of sp³-hybridized carbons (Fsp3) is 0.0625. The van der Waals surface area contributed by atoms with Gasteiger partial charge in [-0.2, -0.15) is 18.2 Å². The van der Waals surface area contributed by atoms with Crippen LogP contribution in [0.3, 0.4) is 0 Å². The van der Waals surface area contributed by atoms with Gasteiger partial charge in [0.15, 0.2) is 0 Å². The molecule has 0 radical (unpaired) electrons. The Bertz CT molecular complexity index is 813. The highest BCUT2D eigenvalue weighted by Gasteiger charge is 2.29. The summed E-state index contributed by atoms with van der Waals surface area (Å²) in [6.07, 6.45) is -2.92. The number of benzene rings is 2. The Morgan fingerprint density at radius 1 is 1.04 bits per heavy atom. The van der Waals surface area contributed by atoms with Crippen molar-refractivity contribution in [2.45, 2.75) is 6.18 Å². The molecule has 3 rings (SSSR count). The largest absolute Gasteiger partial charge is 0.431 e. The van der Waals surface area contributed by atoms with E-state index < -0.39 is 11.7 Å². The van der Waals surface area contributed by atoms with E-state index in [-0.39, 0.29) is 6.01 Å².